The molecule has 0 unspecified atom stereocenters. The van der Waals surface area contributed by atoms with Crippen molar-refractivity contribution >= 4 is 16.7 Å². The van der Waals surface area contributed by atoms with Gasteiger partial charge in [-0.25, -0.2) is 0 Å². The number of aliphatic hydroxyl groups is 1. The van der Waals surface area contributed by atoms with Gasteiger partial charge < -0.3 is 10.0 Å². The van der Waals surface area contributed by atoms with Gasteiger partial charge in [0.2, 0.25) is 5.91 Å². The van der Waals surface area contributed by atoms with Gasteiger partial charge in [-0.2, -0.15) is 0 Å². The van der Waals surface area contributed by atoms with Gasteiger partial charge in [0.15, 0.2) is 0 Å². The van der Waals surface area contributed by atoms with Gasteiger partial charge in [0.1, 0.15) is 0 Å². The number of benzene rings is 2. The summed E-state index contributed by atoms with van der Waals surface area (Å²) in [6.45, 7) is 2.64. The third-order valence-corrected chi connectivity index (χ3v) is 3.58. The quantitative estimate of drug-likeness (QED) is 0.891. The van der Waals surface area contributed by atoms with E-state index >= 15 is 0 Å². The minimum Gasteiger partial charge on any atom is -0.386 e. The van der Waals surface area contributed by atoms with Gasteiger partial charge in [0.25, 0.3) is 0 Å². The van der Waals surface area contributed by atoms with E-state index in [1.54, 1.807) is 11.8 Å². The summed E-state index contributed by atoms with van der Waals surface area (Å²) < 4.78 is 0. The summed E-state index contributed by atoms with van der Waals surface area (Å²) in [7, 11) is 0. The molecule has 0 atom stereocenters. The minimum absolute atomic E-state index is 0.0850. The molecule has 1 heterocycles. The maximum Gasteiger partial charge on any atom is 0.227 e. The van der Waals surface area contributed by atoms with Crippen LogP contribution >= 0.6 is 0 Å². The van der Waals surface area contributed by atoms with Gasteiger partial charge in [0.05, 0.1) is 25.1 Å². The highest BCUT2D eigenvalue weighted by Gasteiger charge is 2.38. The van der Waals surface area contributed by atoms with Gasteiger partial charge in [-0.15, -0.1) is 0 Å². The molecule has 0 aromatic heterocycles. The first-order valence-electron chi connectivity index (χ1n) is 6.51. The van der Waals surface area contributed by atoms with Gasteiger partial charge in [0, 0.05) is 0 Å². The summed E-state index contributed by atoms with van der Waals surface area (Å²) in [5, 5.41) is 12.0. The largest absolute Gasteiger partial charge is 0.386 e. The van der Waals surface area contributed by atoms with E-state index in [4.69, 9.17) is 0 Å². The summed E-state index contributed by atoms with van der Waals surface area (Å²) in [5.74, 6) is 0.0850. The standard InChI is InChI=1S/C16H17NO2/c1-16(19)10-17(11-16)15(18)9-12-6-7-13-4-2-3-5-14(13)8-12/h2-8,19H,9-11H2,1H3. The Hall–Kier alpha value is -1.87. The number of β-amino-alcohol motifs (C(OH)–C–C–N with tert-alkyl or cyclic N) is 1. The first-order chi connectivity index (χ1) is 9.03. The van der Waals surface area contributed by atoms with Crippen molar-refractivity contribution in [1.82, 2.24) is 4.90 Å². The van der Waals surface area contributed by atoms with Crippen molar-refractivity contribution in [1.29, 1.82) is 0 Å². The normalized spacial score (nSPS) is 17.3. The van der Waals surface area contributed by atoms with Crippen LogP contribution in [-0.2, 0) is 11.2 Å². The number of hydrogen-bond acceptors (Lipinski definition) is 2. The molecule has 1 saturated heterocycles. The number of carbonyl (C=O) groups excluding carboxylic acids is 1. The highest BCUT2D eigenvalue weighted by Crippen LogP contribution is 2.22. The molecular formula is C16H17NO2. The maximum absolute atomic E-state index is 12.0. The number of nitrogens with zero attached hydrogens (tertiary/aromatic N) is 1. The van der Waals surface area contributed by atoms with Crippen molar-refractivity contribution in [3.8, 4) is 0 Å². The zero-order chi connectivity index (χ0) is 13.5. The Balaban J connectivity index is 1.73. The first kappa shape index (κ1) is 12.2. The van der Waals surface area contributed by atoms with E-state index in [9.17, 15) is 9.90 Å². The third-order valence-electron chi connectivity index (χ3n) is 3.58. The number of likely N-dealkylation sites (tertiary alicyclic amines) is 1. The first-order valence-corrected chi connectivity index (χ1v) is 6.51. The fourth-order valence-electron chi connectivity index (χ4n) is 2.59. The molecule has 1 N–H and O–H groups in total. The van der Waals surface area contributed by atoms with E-state index in [0.717, 1.165) is 10.9 Å². The SMILES string of the molecule is CC1(O)CN(C(=O)Cc2ccc3ccccc3c2)C1. The van der Waals surface area contributed by atoms with Crippen LogP contribution in [-0.4, -0.2) is 34.6 Å². The Bertz CT molecular complexity index is 625. The van der Waals surface area contributed by atoms with Crippen molar-refractivity contribution in [2.75, 3.05) is 13.1 Å². The predicted octanol–water partition coefficient (Wildman–Crippen LogP) is 1.98. The second kappa shape index (κ2) is 4.35. The molecule has 98 valence electrons. The van der Waals surface area contributed by atoms with Crippen LogP contribution in [0.5, 0.6) is 0 Å². The molecule has 3 nitrogen and oxygen atoms in total. The molecular weight excluding hydrogens is 238 g/mol. The van der Waals surface area contributed by atoms with E-state index in [1.807, 2.05) is 24.3 Å². The second-order valence-corrected chi connectivity index (χ2v) is 5.61. The Labute approximate surface area is 112 Å². The number of carbonyl (C=O) groups is 1. The van der Waals surface area contributed by atoms with Crippen LogP contribution in [0.1, 0.15) is 12.5 Å². The monoisotopic (exact) mass is 255 g/mol. The average Bonchev–Trinajstić information content (AvgIpc) is 2.35. The summed E-state index contributed by atoms with van der Waals surface area (Å²) in [6.07, 6.45) is 0.404. The molecule has 0 saturated carbocycles. The Morgan fingerprint density at radius 1 is 1.21 bits per heavy atom. The lowest BCUT2D eigenvalue weighted by Gasteiger charge is -2.44. The molecule has 2 aromatic carbocycles. The fraction of sp³-hybridized carbons (Fsp3) is 0.312. The summed E-state index contributed by atoms with van der Waals surface area (Å²) in [6, 6.07) is 14.2. The fourth-order valence-corrected chi connectivity index (χ4v) is 2.59. The molecule has 3 heteroatoms. The molecule has 2 aromatic rings. The summed E-state index contributed by atoms with van der Waals surface area (Å²) >= 11 is 0. The van der Waals surface area contributed by atoms with Crippen molar-refractivity contribution in [2.45, 2.75) is 18.9 Å². The maximum atomic E-state index is 12.0. The van der Waals surface area contributed by atoms with E-state index in [-0.39, 0.29) is 5.91 Å². The average molecular weight is 255 g/mol. The zero-order valence-corrected chi connectivity index (χ0v) is 11.0. The molecule has 1 aliphatic heterocycles. The highest BCUT2D eigenvalue weighted by atomic mass is 16.3. The highest BCUT2D eigenvalue weighted by molar-refractivity contribution is 5.85. The lowest BCUT2D eigenvalue weighted by molar-refractivity contribution is -0.151. The Morgan fingerprint density at radius 2 is 1.89 bits per heavy atom. The summed E-state index contributed by atoms with van der Waals surface area (Å²) in [5.41, 5.74) is 0.328. The van der Waals surface area contributed by atoms with Gasteiger partial charge in [-0.3, -0.25) is 4.79 Å². The van der Waals surface area contributed by atoms with Crippen molar-refractivity contribution in [3.63, 3.8) is 0 Å². The molecule has 0 radical (unpaired) electrons. The van der Waals surface area contributed by atoms with Crippen LogP contribution in [0.3, 0.4) is 0 Å². The Morgan fingerprint density at radius 3 is 2.58 bits per heavy atom. The van der Waals surface area contributed by atoms with Crippen molar-refractivity contribution < 1.29 is 9.90 Å². The Kier molecular flexibility index (Phi) is 2.79. The molecule has 1 amide bonds. The van der Waals surface area contributed by atoms with Crippen molar-refractivity contribution in [3.05, 3.63) is 48.0 Å². The predicted molar refractivity (Wildman–Crippen MR) is 74.9 cm³/mol. The van der Waals surface area contributed by atoms with Crippen LogP contribution in [0, 0.1) is 0 Å². The van der Waals surface area contributed by atoms with Crippen molar-refractivity contribution in [2.24, 2.45) is 0 Å². The number of rotatable bonds is 2. The van der Waals surface area contributed by atoms with E-state index in [2.05, 4.69) is 18.2 Å². The van der Waals surface area contributed by atoms with Gasteiger partial charge in [-0.05, 0) is 23.3 Å². The molecule has 0 bridgehead atoms. The second-order valence-electron chi connectivity index (χ2n) is 5.61. The smallest absolute Gasteiger partial charge is 0.227 e. The van der Waals surface area contributed by atoms with Crippen LogP contribution in [0.4, 0.5) is 0 Å². The van der Waals surface area contributed by atoms with Crippen LogP contribution < -0.4 is 0 Å². The van der Waals surface area contributed by atoms with Crippen LogP contribution in [0.25, 0.3) is 10.8 Å². The third kappa shape index (κ3) is 2.47. The van der Waals surface area contributed by atoms with Crippen LogP contribution in [0.15, 0.2) is 42.5 Å². The zero-order valence-electron chi connectivity index (χ0n) is 11.0. The molecule has 0 spiro atoms. The number of fused-ring (bicyclic) bond motifs is 1. The minimum atomic E-state index is -0.695. The van der Waals surface area contributed by atoms with Gasteiger partial charge in [-0.1, -0.05) is 42.5 Å². The molecule has 1 aliphatic rings. The number of hydrogen-bond donors (Lipinski definition) is 1. The summed E-state index contributed by atoms with van der Waals surface area (Å²) in [4.78, 5) is 13.7. The molecule has 0 aliphatic carbocycles. The van der Waals surface area contributed by atoms with E-state index in [0.29, 0.717) is 19.5 Å². The van der Waals surface area contributed by atoms with Crippen LogP contribution in [0.2, 0.25) is 0 Å². The van der Waals surface area contributed by atoms with Gasteiger partial charge >= 0.3 is 0 Å². The molecule has 19 heavy (non-hydrogen) atoms. The van der Waals surface area contributed by atoms with E-state index in [1.165, 1.54) is 5.39 Å². The molecule has 1 fully saturated rings. The van der Waals surface area contributed by atoms with E-state index < -0.39 is 5.60 Å². The molecule has 3 rings (SSSR count). The lowest BCUT2D eigenvalue weighted by atomic mass is 9.95. The topological polar surface area (TPSA) is 40.5 Å². The lowest BCUT2D eigenvalue weighted by Crippen LogP contribution is -2.62. The number of amides is 1.